The van der Waals surface area contributed by atoms with Crippen molar-refractivity contribution in [3.8, 4) is 0 Å². The first kappa shape index (κ1) is 10.1. The second-order valence-electron chi connectivity index (χ2n) is 0.752. The molecule has 8 heavy (non-hydrogen) atoms. The molecule has 0 heterocycles. The number of aliphatic hydroxyl groups excluding tert-OH is 1. The van der Waals surface area contributed by atoms with Crippen LogP contribution in [0.5, 0.6) is 0 Å². The second-order valence-corrected chi connectivity index (χ2v) is 0.752. The van der Waals surface area contributed by atoms with Gasteiger partial charge in [-0.25, -0.2) is 4.79 Å². The van der Waals surface area contributed by atoms with Gasteiger partial charge in [-0.1, -0.05) is 13.8 Å². The molecule has 0 radical (unpaired) electrons. The zero-order chi connectivity index (χ0) is 7.15. The minimum atomic E-state index is -1.38. The molecule has 0 aromatic carbocycles. The molecule has 0 fully saturated rings. The summed E-state index contributed by atoms with van der Waals surface area (Å²) < 4.78 is 0. The van der Waals surface area contributed by atoms with Gasteiger partial charge < -0.3 is 10.2 Å². The van der Waals surface area contributed by atoms with Crippen molar-refractivity contribution in [1.82, 2.24) is 0 Å². The van der Waals surface area contributed by atoms with Gasteiger partial charge in [-0.15, -0.1) is 0 Å². The summed E-state index contributed by atoms with van der Waals surface area (Å²) in [5.74, 6) is -2.20. The van der Waals surface area contributed by atoms with Crippen molar-refractivity contribution in [3.63, 3.8) is 0 Å². The van der Waals surface area contributed by atoms with Crippen LogP contribution in [-0.2, 0) is 4.79 Å². The van der Waals surface area contributed by atoms with Gasteiger partial charge in [0.15, 0.2) is 5.76 Å². The normalized spacial score (nSPS) is 6.25. The Hall–Kier alpha value is -0.990. The molecular formula is C5H10O3. The maximum absolute atomic E-state index is 9.35. The molecule has 0 spiro atoms. The number of aliphatic carboxylic acids is 1. The van der Waals surface area contributed by atoms with E-state index in [4.69, 9.17) is 10.2 Å². The van der Waals surface area contributed by atoms with Gasteiger partial charge in [0.1, 0.15) is 0 Å². The van der Waals surface area contributed by atoms with Crippen molar-refractivity contribution in [1.29, 1.82) is 0 Å². The Morgan fingerprint density at radius 1 is 1.38 bits per heavy atom. The lowest BCUT2D eigenvalue weighted by Gasteiger charge is -1.79. The summed E-state index contributed by atoms with van der Waals surface area (Å²) >= 11 is 0. The topological polar surface area (TPSA) is 57.5 Å². The highest BCUT2D eigenvalue weighted by molar-refractivity contribution is 5.82. The summed E-state index contributed by atoms with van der Waals surface area (Å²) in [5, 5.41) is 15.5. The van der Waals surface area contributed by atoms with Crippen molar-refractivity contribution in [3.05, 3.63) is 12.3 Å². The van der Waals surface area contributed by atoms with E-state index in [0.717, 1.165) is 0 Å². The number of carboxylic acids is 1. The molecule has 0 bridgehead atoms. The number of hydrogen-bond donors (Lipinski definition) is 2. The molecule has 0 saturated carbocycles. The van der Waals surface area contributed by atoms with Gasteiger partial charge in [0.05, 0.1) is 0 Å². The lowest BCUT2D eigenvalue weighted by molar-refractivity contribution is -0.135. The van der Waals surface area contributed by atoms with E-state index in [-0.39, 0.29) is 0 Å². The molecule has 0 aromatic rings. The summed E-state index contributed by atoms with van der Waals surface area (Å²) in [6.07, 6.45) is 0. The molecule has 0 aliphatic heterocycles. The van der Waals surface area contributed by atoms with E-state index in [0.29, 0.717) is 0 Å². The molecular weight excluding hydrogens is 108 g/mol. The molecule has 2 N–H and O–H groups in total. The van der Waals surface area contributed by atoms with E-state index in [2.05, 4.69) is 6.58 Å². The largest absolute Gasteiger partial charge is 0.502 e. The van der Waals surface area contributed by atoms with Crippen LogP contribution in [0.15, 0.2) is 12.3 Å². The van der Waals surface area contributed by atoms with Gasteiger partial charge in [0.25, 0.3) is 0 Å². The molecule has 0 saturated heterocycles. The first-order valence-electron chi connectivity index (χ1n) is 2.25. The average Bonchev–Trinajstić information content (AvgIpc) is 1.72. The minimum Gasteiger partial charge on any atom is -0.502 e. The quantitative estimate of drug-likeness (QED) is 0.401. The van der Waals surface area contributed by atoms with E-state index in [1.807, 2.05) is 13.8 Å². The fraction of sp³-hybridized carbons (Fsp3) is 0.400. The van der Waals surface area contributed by atoms with Crippen molar-refractivity contribution < 1.29 is 15.0 Å². The van der Waals surface area contributed by atoms with E-state index >= 15 is 0 Å². The zero-order valence-corrected chi connectivity index (χ0v) is 5.01. The number of carbonyl (C=O) groups is 1. The van der Waals surface area contributed by atoms with Crippen LogP contribution in [0, 0.1) is 0 Å². The number of carboxylic acid groups (broad SMARTS) is 1. The fourth-order valence-electron chi connectivity index (χ4n) is 0. The third-order valence-electron chi connectivity index (χ3n) is 0.247. The summed E-state index contributed by atoms with van der Waals surface area (Å²) in [6.45, 7) is 6.71. The van der Waals surface area contributed by atoms with E-state index < -0.39 is 11.7 Å². The highest BCUT2D eigenvalue weighted by Crippen LogP contribution is 1.75. The summed E-state index contributed by atoms with van der Waals surface area (Å²) in [6, 6.07) is 0. The van der Waals surface area contributed by atoms with Crippen molar-refractivity contribution in [2.24, 2.45) is 0 Å². The van der Waals surface area contributed by atoms with Crippen molar-refractivity contribution in [2.75, 3.05) is 0 Å². The maximum atomic E-state index is 9.35. The van der Waals surface area contributed by atoms with Crippen LogP contribution in [0.2, 0.25) is 0 Å². The molecule has 0 atom stereocenters. The van der Waals surface area contributed by atoms with Crippen LogP contribution in [-0.4, -0.2) is 16.2 Å². The second kappa shape index (κ2) is 6.01. The van der Waals surface area contributed by atoms with Gasteiger partial charge in [-0.05, 0) is 6.58 Å². The molecule has 0 unspecified atom stereocenters. The summed E-state index contributed by atoms with van der Waals surface area (Å²) in [5.41, 5.74) is 0. The Morgan fingerprint density at radius 2 is 1.50 bits per heavy atom. The molecule has 0 aromatic heterocycles. The molecule has 3 heteroatoms. The first-order chi connectivity index (χ1) is 3.64. The Bertz CT molecular complexity index is 73.7. The number of aliphatic hydroxyl groups is 1. The Morgan fingerprint density at radius 3 is 1.50 bits per heavy atom. The van der Waals surface area contributed by atoms with Crippen LogP contribution >= 0.6 is 0 Å². The Kier molecular flexibility index (Phi) is 7.58. The highest BCUT2D eigenvalue weighted by atomic mass is 16.4. The Balaban J connectivity index is 0. The summed E-state index contributed by atoms with van der Waals surface area (Å²) in [7, 11) is 0. The van der Waals surface area contributed by atoms with Gasteiger partial charge in [0, 0.05) is 0 Å². The molecule has 0 aliphatic carbocycles. The number of rotatable bonds is 1. The van der Waals surface area contributed by atoms with Gasteiger partial charge >= 0.3 is 5.97 Å². The first-order valence-corrected chi connectivity index (χ1v) is 2.25. The fourth-order valence-corrected chi connectivity index (χ4v) is 0. The molecule has 3 nitrogen and oxygen atoms in total. The van der Waals surface area contributed by atoms with Gasteiger partial charge in [0.2, 0.25) is 0 Å². The van der Waals surface area contributed by atoms with Gasteiger partial charge in [-0.2, -0.15) is 0 Å². The van der Waals surface area contributed by atoms with E-state index in [1.165, 1.54) is 0 Å². The predicted molar refractivity (Wildman–Crippen MR) is 30.8 cm³/mol. The van der Waals surface area contributed by atoms with Crippen LogP contribution in [0.4, 0.5) is 0 Å². The van der Waals surface area contributed by atoms with Crippen LogP contribution in [0.25, 0.3) is 0 Å². The van der Waals surface area contributed by atoms with E-state index in [1.54, 1.807) is 0 Å². The standard InChI is InChI=1S/C3H4O3.C2H6/c1-2(4)3(5)6;1-2/h4H,1H2,(H,5,6);1-2H3. The van der Waals surface area contributed by atoms with E-state index in [9.17, 15) is 4.79 Å². The monoisotopic (exact) mass is 118 g/mol. The van der Waals surface area contributed by atoms with Crippen LogP contribution < -0.4 is 0 Å². The third kappa shape index (κ3) is 8.89. The smallest absolute Gasteiger partial charge is 0.370 e. The molecule has 0 rings (SSSR count). The molecule has 0 aliphatic rings. The van der Waals surface area contributed by atoms with Crippen molar-refractivity contribution in [2.45, 2.75) is 13.8 Å². The average molecular weight is 118 g/mol. The minimum absolute atomic E-state index is 0.824. The Labute approximate surface area is 48.3 Å². The lowest BCUT2D eigenvalue weighted by atomic mass is 10.6. The third-order valence-corrected chi connectivity index (χ3v) is 0.247. The summed E-state index contributed by atoms with van der Waals surface area (Å²) in [4.78, 5) is 9.35. The maximum Gasteiger partial charge on any atom is 0.370 e. The van der Waals surface area contributed by atoms with Crippen molar-refractivity contribution >= 4 is 5.97 Å². The van der Waals surface area contributed by atoms with Crippen LogP contribution in [0.1, 0.15) is 13.8 Å². The van der Waals surface area contributed by atoms with Crippen LogP contribution in [0.3, 0.4) is 0 Å². The zero-order valence-electron chi connectivity index (χ0n) is 5.01. The molecule has 0 amide bonds. The molecule has 48 valence electrons. The highest BCUT2D eigenvalue weighted by Gasteiger charge is 1.94. The predicted octanol–water partition coefficient (Wildman–Crippen LogP) is 1.17. The van der Waals surface area contributed by atoms with Gasteiger partial charge in [-0.3, -0.25) is 0 Å². The lowest BCUT2D eigenvalue weighted by Crippen LogP contribution is -1.95. The number of hydrogen-bond acceptors (Lipinski definition) is 2. The SMILES string of the molecule is C=C(O)C(=O)O.CC.